The first-order valence-corrected chi connectivity index (χ1v) is 8.40. The molecule has 0 saturated carbocycles. The van der Waals surface area contributed by atoms with E-state index in [9.17, 15) is 9.18 Å². The molecule has 1 aromatic carbocycles. The van der Waals surface area contributed by atoms with Crippen molar-refractivity contribution in [2.75, 3.05) is 6.54 Å². The van der Waals surface area contributed by atoms with Crippen LogP contribution >= 0.6 is 0 Å². The number of nitrogens with one attached hydrogen (secondary N) is 2. The molecule has 0 aliphatic rings. The number of aromatic amines is 1. The molecule has 0 amide bonds. The predicted molar refractivity (Wildman–Crippen MR) is 93.9 cm³/mol. The summed E-state index contributed by atoms with van der Waals surface area (Å²) < 4.78 is 15.1. The minimum absolute atomic E-state index is 0.108. The molecule has 0 fully saturated rings. The van der Waals surface area contributed by atoms with Gasteiger partial charge in [-0.2, -0.15) is 0 Å². The summed E-state index contributed by atoms with van der Waals surface area (Å²) in [6.07, 6.45) is 1.57. The Labute approximate surface area is 140 Å². The van der Waals surface area contributed by atoms with Gasteiger partial charge < -0.3 is 9.88 Å². The van der Waals surface area contributed by atoms with Crippen LogP contribution in [-0.4, -0.2) is 33.2 Å². The Morgan fingerprint density at radius 1 is 1.25 bits per heavy atom. The summed E-state index contributed by atoms with van der Waals surface area (Å²) in [5, 5.41) is 0.644. The zero-order valence-corrected chi connectivity index (χ0v) is 14.6. The van der Waals surface area contributed by atoms with E-state index in [4.69, 9.17) is 0 Å². The molecule has 0 spiro atoms. The van der Waals surface area contributed by atoms with Gasteiger partial charge in [0.15, 0.2) is 0 Å². The van der Waals surface area contributed by atoms with Crippen LogP contribution in [0.15, 0.2) is 29.3 Å². The second-order valence-corrected chi connectivity index (χ2v) is 6.92. The highest BCUT2D eigenvalue weighted by Gasteiger charge is 2.18. The third kappa shape index (κ3) is 2.94. The molecule has 24 heavy (non-hydrogen) atoms. The fourth-order valence-corrected chi connectivity index (χ4v) is 3.42. The number of fused-ring (bicyclic) bond motifs is 3. The van der Waals surface area contributed by atoms with Crippen LogP contribution in [0.5, 0.6) is 0 Å². The van der Waals surface area contributed by atoms with Crippen LogP contribution in [0, 0.1) is 5.82 Å². The topological polar surface area (TPSA) is 55.1 Å². The summed E-state index contributed by atoms with van der Waals surface area (Å²) in [6.45, 7) is 10.2. The van der Waals surface area contributed by atoms with E-state index in [1.165, 1.54) is 17.0 Å². The quantitative estimate of drug-likeness (QED) is 0.748. The zero-order valence-electron chi connectivity index (χ0n) is 14.6. The fraction of sp³-hybridized carbons (Fsp3) is 0.444. The Morgan fingerprint density at radius 3 is 2.62 bits per heavy atom. The van der Waals surface area contributed by atoms with Crippen LogP contribution in [0.3, 0.4) is 0 Å². The lowest BCUT2D eigenvalue weighted by Crippen LogP contribution is -3.18. The number of H-pyrrole nitrogens is 1. The van der Waals surface area contributed by atoms with Crippen molar-refractivity contribution in [3.63, 3.8) is 0 Å². The van der Waals surface area contributed by atoms with Gasteiger partial charge in [0.05, 0.1) is 31.5 Å². The first kappa shape index (κ1) is 16.6. The molecule has 128 valence electrons. The summed E-state index contributed by atoms with van der Waals surface area (Å²) in [4.78, 5) is 21.6. The third-order valence-corrected chi connectivity index (χ3v) is 4.66. The number of rotatable bonds is 5. The molecule has 0 bridgehead atoms. The molecule has 0 atom stereocenters. The number of nitrogens with zero attached hydrogens (tertiary/aromatic N) is 2. The fourth-order valence-electron chi connectivity index (χ4n) is 3.42. The Bertz CT molecular complexity index is 918. The number of hydrogen-bond acceptors (Lipinski definition) is 2. The standard InChI is InChI=1S/C18H23FN4O/c1-11(2)23(12(3)4)8-7-22-10-20-16-14-9-13(19)5-6-15(14)21-17(16)18(22)24/h5-6,9-12,21H,7-8H2,1-4H3/p+1. The molecular formula is C18H24FN4O+. The molecule has 0 radical (unpaired) electrons. The summed E-state index contributed by atoms with van der Waals surface area (Å²) in [7, 11) is 0. The highest BCUT2D eigenvalue weighted by Crippen LogP contribution is 2.21. The minimum Gasteiger partial charge on any atom is -0.349 e. The van der Waals surface area contributed by atoms with Crippen molar-refractivity contribution in [3.05, 3.63) is 40.7 Å². The van der Waals surface area contributed by atoms with Crippen molar-refractivity contribution in [1.82, 2.24) is 14.5 Å². The van der Waals surface area contributed by atoms with E-state index in [1.807, 2.05) is 0 Å². The predicted octanol–water partition coefficient (Wildman–Crippen LogP) is 1.72. The molecule has 3 rings (SSSR count). The number of halogens is 1. The van der Waals surface area contributed by atoms with Crippen LogP contribution in [0.4, 0.5) is 4.39 Å². The third-order valence-electron chi connectivity index (χ3n) is 4.66. The van der Waals surface area contributed by atoms with Gasteiger partial charge in [-0.15, -0.1) is 0 Å². The van der Waals surface area contributed by atoms with Crippen LogP contribution in [0.25, 0.3) is 21.9 Å². The second kappa shape index (κ2) is 6.36. The van der Waals surface area contributed by atoms with Gasteiger partial charge in [-0.1, -0.05) is 0 Å². The van der Waals surface area contributed by atoms with E-state index in [0.717, 1.165) is 12.1 Å². The van der Waals surface area contributed by atoms with Gasteiger partial charge in [0.1, 0.15) is 16.9 Å². The molecule has 2 heterocycles. The largest absolute Gasteiger partial charge is 0.349 e. The Balaban J connectivity index is 1.97. The summed E-state index contributed by atoms with van der Waals surface area (Å²) in [5.74, 6) is -0.331. The summed E-state index contributed by atoms with van der Waals surface area (Å²) in [5.41, 5.74) is 1.59. The maximum atomic E-state index is 13.5. The maximum absolute atomic E-state index is 13.5. The normalized spacial score (nSPS) is 12.3. The molecule has 2 aromatic heterocycles. The Morgan fingerprint density at radius 2 is 1.96 bits per heavy atom. The number of benzene rings is 1. The maximum Gasteiger partial charge on any atom is 0.277 e. The molecule has 6 heteroatoms. The first-order chi connectivity index (χ1) is 11.4. The van der Waals surface area contributed by atoms with Crippen molar-refractivity contribution >= 4 is 21.9 Å². The molecule has 5 nitrogen and oxygen atoms in total. The average molecular weight is 331 g/mol. The number of hydrogen-bond donors (Lipinski definition) is 2. The minimum atomic E-state index is -0.331. The lowest BCUT2D eigenvalue weighted by atomic mass is 10.2. The highest BCUT2D eigenvalue weighted by molar-refractivity contribution is 6.04. The molecule has 2 N–H and O–H groups in total. The van der Waals surface area contributed by atoms with E-state index in [0.29, 0.717) is 35.0 Å². The first-order valence-electron chi connectivity index (χ1n) is 8.40. The Hall–Kier alpha value is -2.21. The van der Waals surface area contributed by atoms with Crippen LogP contribution < -0.4 is 10.5 Å². The van der Waals surface area contributed by atoms with E-state index in [-0.39, 0.29) is 11.4 Å². The van der Waals surface area contributed by atoms with Gasteiger partial charge in [-0.05, 0) is 45.9 Å². The molecule has 0 saturated heterocycles. The van der Waals surface area contributed by atoms with Gasteiger partial charge in [0.25, 0.3) is 5.56 Å². The van der Waals surface area contributed by atoms with Gasteiger partial charge in [-0.3, -0.25) is 9.36 Å². The molecule has 0 unspecified atom stereocenters. The van der Waals surface area contributed by atoms with E-state index < -0.39 is 0 Å². The van der Waals surface area contributed by atoms with Gasteiger partial charge in [0.2, 0.25) is 0 Å². The lowest BCUT2D eigenvalue weighted by molar-refractivity contribution is -0.942. The Kier molecular flexibility index (Phi) is 4.41. The molecule has 0 aliphatic heterocycles. The smallest absolute Gasteiger partial charge is 0.277 e. The zero-order chi connectivity index (χ0) is 17.4. The van der Waals surface area contributed by atoms with Gasteiger partial charge >= 0.3 is 0 Å². The van der Waals surface area contributed by atoms with E-state index >= 15 is 0 Å². The van der Waals surface area contributed by atoms with Gasteiger partial charge in [-0.25, -0.2) is 9.37 Å². The van der Waals surface area contributed by atoms with Gasteiger partial charge in [0, 0.05) is 10.9 Å². The second-order valence-electron chi connectivity index (χ2n) is 6.92. The van der Waals surface area contributed by atoms with Crippen molar-refractivity contribution in [1.29, 1.82) is 0 Å². The van der Waals surface area contributed by atoms with E-state index in [2.05, 4.69) is 37.7 Å². The van der Waals surface area contributed by atoms with Crippen molar-refractivity contribution in [2.45, 2.75) is 46.3 Å². The summed E-state index contributed by atoms with van der Waals surface area (Å²) >= 11 is 0. The number of quaternary nitrogens is 1. The highest BCUT2D eigenvalue weighted by atomic mass is 19.1. The van der Waals surface area contributed by atoms with Crippen molar-refractivity contribution in [3.8, 4) is 0 Å². The van der Waals surface area contributed by atoms with Crippen molar-refractivity contribution < 1.29 is 9.29 Å². The van der Waals surface area contributed by atoms with E-state index in [1.54, 1.807) is 17.0 Å². The monoisotopic (exact) mass is 331 g/mol. The van der Waals surface area contributed by atoms with Crippen LogP contribution in [0.2, 0.25) is 0 Å². The average Bonchev–Trinajstić information content (AvgIpc) is 2.87. The molecule has 0 aliphatic carbocycles. The molecular weight excluding hydrogens is 307 g/mol. The van der Waals surface area contributed by atoms with Crippen LogP contribution in [-0.2, 0) is 6.54 Å². The number of aromatic nitrogens is 3. The molecule has 3 aromatic rings. The SMILES string of the molecule is CC(C)[NH+](CCn1cnc2c([nH]c3ccc(F)cc32)c1=O)C(C)C. The van der Waals surface area contributed by atoms with Crippen LogP contribution in [0.1, 0.15) is 27.7 Å². The van der Waals surface area contributed by atoms with Crippen molar-refractivity contribution in [2.24, 2.45) is 0 Å². The summed E-state index contributed by atoms with van der Waals surface area (Å²) in [6, 6.07) is 5.42. The lowest BCUT2D eigenvalue weighted by Gasteiger charge is -2.27.